The van der Waals surface area contributed by atoms with E-state index in [0.29, 0.717) is 18.1 Å². The molecule has 0 aliphatic rings. The van der Waals surface area contributed by atoms with Crippen molar-refractivity contribution in [3.8, 4) is 0 Å². The highest BCUT2D eigenvalue weighted by Gasteiger charge is 2.09. The summed E-state index contributed by atoms with van der Waals surface area (Å²) in [7, 11) is 0. The number of benzene rings is 2. The Morgan fingerprint density at radius 2 is 1.75 bits per heavy atom. The van der Waals surface area contributed by atoms with Gasteiger partial charge in [0.25, 0.3) is 5.91 Å². The third-order valence-electron chi connectivity index (χ3n) is 4.31. The SMILES string of the molecule is CCc1ccc(NC(=NCc2cccnc2)NC(=O)c2ccc(C)cc2)cc1. The van der Waals surface area contributed by atoms with Gasteiger partial charge in [0.15, 0.2) is 0 Å². The van der Waals surface area contributed by atoms with Crippen molar-refractivity contribution in [2.24, 2.45) is 4.99 Å². The summed E-state index contributed by atoms with van der Waals surface area (Å²) in [5.74, 6) is 0.196. The summed E-state index contributed by atoms with van der Waals surface area (Å²) in [5.41, 5.74) is 4.78. The molecule has 3 aromatic rings. The van der Waals surface area contributed by atoms with E-state index in [1.54, 1.807) is 24.5 Å². The molecule has 3 rings (SSSR count). The van der Waals surface area contributed by atoms with Gasteiger partial charge in [-0.25, -0.2) is 4.99 Å². The van der Waals surface area contributed by atoms with Crippen LogP contribution in [0, 0.1) is 6.92 Å². The lowest BCUT2D eigenvalue weighted by Gasteiger charge is -2.12. The highest BCUT2D eigenvalue weighted by atomic mass is 16.1. The van der Waals surface area contributed by atoms with Crippen LogP contribution >= 0.6 is 0 Å². The molecule has 5 nitrogen and oxygen atoms in total. The zero-order valence-electron chi connectivity index (χ0n) is 16.1. The minimum absolute atomic E-state index is 0.206. The molecule has 2 N–H and O–H groups in total. The Hall–Kier alpha value is -3.47. The van der Waals surface area contributed by atoms with Crippen LogP contribution in [0.25, 0.3) is 0 Å². The first-order chi connectivity index (χ1) is 13.6. The molecule has 0 bridgehead atoms. The van der Waals surface area contributed by atoms with E-state index >= 15 is 0 Å². The normalized spacial score (nSPS) is 11.1. The lowest BCUT2D eigenvalue weighted by Crippen LogP contribution is -2.36. The van der Waals surface area contributed by atoms with Crippen LogP contribution in [0.4, 0.5) is 5.69 Å². The fraction of sp³-hybridized carbons (Fsp3) is 0.174. The molecule has 1 heterocycles. The number of carbonyl (C=O) groups is 1. The van der Waals surface area contributed by atoms with E-state index in [-0.39, 0.29) is 5.91 Å². The standard InChI is InChI=1S/C23H24N4O/c1-3-18-8-12-21(13-9-18)26-23(25-16-19-5-4-14-24-15-19)27-22(28)20-10-6-17(2)7-11-20/h4-15H,3,16H2,1-2H3,(H2,25,26,27,28). The number of nitrogens with zero attached hydrogens (tertiary/aromatic N) is 2. The first-order valence-corrected chi connectivity index (χ1v) is 9.31. The Labute approximate surface area is 165 Å². The topological polar surface area (TPSA) is 66.4 Å². The van der Waals surface area contributed by atoms with Gasteiger partial charge in [-0.1, -0.05) is 42.8 Å². The highest BCUT2D eigenvalue weighted by Crippen LogP contribution is 2.11. The second kappa shape index (κ2) is 9.46. The third-order valence-corrected chi connectivity index (χ3v) is 4.31. The molecule has 28 heavy (non-hydrogen) atoms. The predicted molar refractivity (Wildman–Crippen MR) is 113 cm³/mol. The molecular weight excluding hydrogens is 348 g/mol. The number of carbonyl (C=O) groups excluding carboxylic acids is 1. The summed E-state index contributed by atoms with van der Waals surface area (Å²) in [6.07, 6.45) is 4.46. The molecule has 1 amide bonds. The van der Waals surface area contributed by atoms with Gasteiger partial charge in [0.1, 0.15) is 0 Å². The molecular formula is C23H24N4O. The summed E-state index contributed by atoms with van der Waals surface area (Å²) in [6.45, 7) is 4.52. The maximum absolute atomic E-state index is 12.6. The zero-order valence-corrected chi connectivity index (χ0v) is 16.1. The van der Waals surface area contributed by atoms with Crippen molar-refractivity contribution in [1.82, 2.24) is 10.3 Å². The summed E-state index contributed by atoms with van der Waals surface area (Å²) < 4.78 is 0. The first kappa shape index (κ1) is 19.3. The van der Waals surface area contributed by atoms with E-state index in [2.05, 4.69) is 39.7 Å². The van der Waals surface area contributed by atoms with Crippen LogP contribution in [0.2, 0.25) is 0 Å². The molecule has 1 aromatic heterocycles. The molecule has 0 atom stereocenters. The van der Waals surface area contributed by atoms with Gasteiger partial charge in [0, 0.05) is 23.6 Å². The molecule has 0 saturated heterocycles. The van der Waals surface area contributed by atoms with Gasteiger partial charge in [0.2, 0.25) is 5.96 Å². The monoisotopic (exact) mass is 372 g/mol. The second-order valence-electron chi connectivity index (χ2n) is 6.52. The van der Waals surface area contributed by atoms with E-state index in [9.17, 15) is 4.79 Å². The number of pyridine rings is 1. The maximum atomic E-state index is 12.6. The Morgan fingerprint density at radius 3 is 2.39 bits per heavy atom. The smallest absolute Gasteiger partial charge is 0.257 e. The summed E-state index contributed by atoms with van der Waals surface area (Å²) in [4.78, 5) is 21.3. The van der Waals surface area contributed by atoms with Gasteiger partial charge in [0.05, 0.1) is 6.54 Å². The van der Waals surface area contributed by atoms with E-state index in [1.807, 2.05) is 43.3 Å². The van der Waals surface area contributed by atoms with Crippen molar-refractivity contribution >= 4 is 17.6 Å². The number of anilines is 1. The largest absolute Gasteiger partial charge is 0.326 e. The predicted octanol–water partition coefficient (Wildman–Crippen LogP) is 4.35. The number of amides is 1. The van der Waals surface area contributed by atoms with Gasteiger partial charge >= 0.3 is 0 Å². The van der Waals surface area contributed by atoms with Crippen molar-refractivity contribution in [3.63, 3.8) is 0 Å². The lowest BCUT2D eigenvalue weighted by atomic mass is 10.1. The molecule has 142 valence electrons. The molecule has 2 aromatic carbocycles. The van der Waals surface area contributed by atoms with Crippen LogP contribution in [0.1, 0.15) is 34.0 Å². The lowest BCUT2D eigenvalue weighted by molar-refractivity contribution is 0.0977. The van der Waals surface area contributed by atoms with Crippen molar-refractivity contribution in [3.05, 3.63) is 95.3 Å². The summed E-state index contributed by atoms with van der Waals surface area (Å²) in [5, 5.41) is 6.09. The van der Waals surface area contributed by atoms with Crippen LogP contribution in [-0.4, -0.2) is 16.9 Å². The molecule has 0 aliphatic carbocycles. The van der Waals surface area contributed by atoms with Crippen molar-refractivity contribution < 1.29 is 4.79 Å². The number of hydrogen-bond donors (Lipinski definition) is 2. The average molecular weight is 372 g/mol. The summed E-state index contributed by atoms with van der Waals surface area (Å²) in [6, 6.07) is 19.3. The molecule has 0 unspecified atom stereocenters. The van der Waals surface area contributed by atoms with Gasteiger partial charge < -0.3 is 5.32 Å². The van der Waals surface area contributed by atoms with E-state index in [0.717, 1.165) is 23.2 Å². The number of nitrogens with one attached hydrogen (secondary N) is 2. The quantitative estimate of drug-likeness (QED) is 0.517. The van der Waals surface area contributed by atoms with Gasteiger partial charge in [-0.2, -0.15) is 0 Å². The van der Waals surface area contributed by atoms with E-state index in [4.69, 9.17) is 0 Å². The maximum Gasteiger partial charge on any atom is 0.257 e. The Balaban J connectivity index is 1.78. The Morgan fingerprint density at radius 1 is 1.00 bits per heavy atom. The van der Waals surface area contributed by atoms with Crippen LogP contribution in [0.3, 0.4) is 0 Å². The van der Waals surface area contributed by atoms with Crippen LogP contribution in [-0.2, 0) is 13.0 Å². The molecule has 0 fully saturated rings. The Kier molecular flexibility index (Phi) is 6.52. The van der Waals surface area contributed by atoms with Crippen molar-refractivity contribution in [2.45, 2.75) is 26.8 Å². The fourth-order valence-electron chi connectivity index (χ4n) is 2.62. The van der Waals surface area contributed by atoms with Crippen LogP contribution < -0.4 is 10.6 Å². The molecule has 0 spiro atoms. The van der Waals surface area contributed by atoms with Crippen LogP contribution in [0.15, 0.2) is 78.0 Å². The molecule has 0 saturated carbocycles. The minimum atomic E-state index is -0.206. The second-order valence-corrected chi connectivity index (χ2v) is 6.52. The first-order valence-electron chi connectivity index (χ1n) is 9.31. The van der Waals surface area contributed by atoms with Crippen molar-refractivity contribution in [1.29, 1.82) is 0 Å². The van der Waals surface area contributed by atoms with E-state index in [1.165, 1.54) is 5.56 Å². The van der Waals surface area contributed by atoms with Gasteiger partial charge in [-0.05, 0) is 54.8 Å². The van der Waals surface area contributed by atoms with Gasteiger partial charge in [-0.15, -0.1) is 0 Å². The Bertz CT molecular complexity index is 933. The fourth-order valence-corrected chi connectivity index (χ4v) is 2.62. The minimum Gasteiger partial charge on any atom is -0.326 e. The molecule has 0 radical (unpaired) electrons. The number of aliphatic imine (C=N–C) groups is 1. The van der Waals surface area contributed by atoms with Crippen molar-refractivity contribution in [2.75, 3.05) is 5.32 Å². The number of aromatic nitrogens is 1. The number of rotatable bonds is 5. The van der Waals surface area contributed by atoms with Gasteiger partial charge in [-0.3, -0.25) is 15.1 Å². The number of guanidine groups is 1. The average Bonchev–Trinajstić information content (AvgIpc) is 2.73. The zero-order chi connectivity index (χ0) is 19.8. The number of hydrogen-bond acceptors (Lipinski definition) is 3. The molecule has 5 heteroatoms. The van der Waals surface area contributed by atoms with E-state index < -0.39 is 0 Å². The summed E-state index contributed by atoms with van der Waals surface area (Å²) >= 11 is 0. The number of aryl methyl sites for hydroxylation is 2. The molecule has 0 aliphatic heterocycles. The highest BCUT2D eigenvalue weighted by molar-refractivity contribution is 6.09. The van der Waals surface area contributed by atoms with Crippen LogP contribution in [0.5, 0.6) is 0 Å². The third kappa shape index (κ3) is 5.51.